The van der Waals surface area contributed by atoms with Crippen LogP contribution in [0.5, 0.6) is 11.5 Å². The van der Waals surface area contributed by atoms with Gasteiger partial charge in [-0.1, -0.05) is 50.1 Å². The summed E-state index contributed by atoms with van der Waals surface area (Å²) in [4.78, 5) is 25.4. The van der Waals surface area contributed by atoms with Crippen molar-refractivity contribution in [2.45, 2.75) is 32.8 Å². The second kappa shape index (κ2) is 15.5. The molecule has 2 unspecified atom stereocenters. The summed E-state index contributed by atoms with van der Waals surface area (Å²) < 4.78 is 21.0. The largest absolute Gasteiger partial charge is 0.460 e. The van der Waals surface area contributed by atoms with Gasteiger partial charge in [0, 0.05) is 14.2 Å². The first-order valence-electron chi connectivity index (χ1n) is 12.7. The molecule has 2 rings (SSSR count). The molecule has 7 heteroatoms. The van der Waals surface area contributed by atoms with Crippen LogP contribution in [0.3, 0.4) is 0 Å². The number of carbonyl (C=O) groups is 2. The monoisotopic (exact) mass is 546 g/mol. The fraction of sp³-hybridized carbons (Fsp3) is 0.273. The number of allylic oxidation sites excluding steroid dienone is 4. The normalized spacial score (nSPS) is 13.2. The average Bonchev–Trinajstić information content (AvgIpc) is 2.91. The second-order valence-electron chi connectivity index (χ2n) is 9.39. The van der Waals surface area contributed by atoms with E-state index in [0.29, 0.717) is 28.4 Å². The van der Waals surface area contributed by atoms with Crippen LogP contribution in [0.15, 0.2) is 103 Å². The molecular formula is C33H38O7. The number of aliphatic hydroxyl groups excluding tert-OH is 1. The van der Waals surface area contributed by atoms with Gasteiger partial charge in [0.2, 0.25) is 0 Å². The fourth-order valence-electron chi connectivity index (χ4n) is 3.84. The number of methoxy groups -OCH3 is 2. The maximum absolute atomic E-state index is 13.2. The molecule has 0 saturated heterocycles. The summed E-state index contributed by atoms with van der Waals surface area (Å²) in [6.45, 7) is 16.9. The minimum Gasteiger partial charge on any atom is -0.460 e. The Balaban J connectivity index is 2.41. The van der Waals surface area contributed by atoms with Gasteiger partial charge in [-0.3, -0.25) is 4.79 Å². The zero-order valence-electron chi connectivity index (χ0n) is 23.9. The SMILES string of the molecule is C=C(COC)Oc1ccc(C(=C/C(C)O)/C(C)=C\C(C(=O)C(=C)C)c2ccc(OC(=O)C(=C)COC)cc2)cc1. The molecule has 2 atom stereocenters. The highest BCUT2D eigenvalue weighted by Gasteiger charge is 2.21. The number of Topliss-reactive ketones (excluding diaryl/α,β-unsaturated/α-hetero) is 1. The highest BCUT2D eigenvalue weighted by molar-refractivity contribution is 6.01. The van der Waals surface area contributed by atoms with E-state index in [1.165, 1.54) is 7.11 Å². The molecule has 40 heavy (non-hydrogen) atoms. The number of aliphatic hydroxyl groups is 1. The zero-order chi connectivity index (χ0) is 29.8. The maximum Gasteiger partial charge on any atom is 0.341 e. The Morgan fingerprint density at radius 1 is 0.850 bits per heavy atom. The van der Waals surface area contributed by atoms with Crippen molar-refractivity contribution in [1.29, 1.82) is 0 Å². The third-order valence-corrected chi connectivity index (χ3v) is 5.74. The average molecular weight is 547 g/mol. The highest BCUT2D eigenvalue weighted by Crippen LogP contribution is 2.31. The quantitative estimate of drug-likeness (QED) is 0.0967. The van der Waals surface area contributed by atoms with Gasteiger partial charge in [0.05, 0.1) is 24.2 Å². The predicted molar refractivity (Wildman–Crippen MR) is 157 cm³/mol. The van der Waals surface area contributed by atoms with Gasteiger partial charge in [0.1, 0.15) is 23.9 Å². The van der Waals surface area contributed by atoms with E-state index in [-0.39, 0.29) is 24.6 Å². The van der Waals surface area contributed by atoms with Crippen molar-refractivity contribution in [2.24, 2.45) is 0 Å². The lowest BCUT2D eigenvalue weighted by molar-refractivity contribution is -0.130. The molecule has 0 bridgehead atoms. The summed E-state index contributed by atoms with van der Waals surface area (Å²) in [5.41, 5.74) is 3.67. The molecule has 1 N–H and O–H groups in total. The van der Waals surface area contributed by atoms with Gasteiger partial charge in [-0.15, -0.1) is 0 Å². The van der Waals surface area contributed by atoms with E-state index >= 15 is 0 Å². The van der Waals surface area contributed by atoms with Crippen LogP contribution >= 0.6 is 0 Å². The first-order valence-corrected chi connectivity index (χ1v) is 12.7. The standard InChI is InChI=1S/C33H38O7/c1-21(2)32(35)31(27-11-15-29(16-12-27)40-33(36)23(4)19-37-7)17-22(3)30(18-24(5)34)26-9-13-28(14-10-26)39-25(6)20-38-8/h9-18,24,31,34H,1,4,6,19-20H2,2-3,5,7-8H3/b22-17-,30-18+. The van der Waals surface area contributed by atoms with Crippen LogP contribution in [-0.2, 0) is 19.1 Å². The summed E-state index contributed by atoms with van der Waals surface area (Å²) in [6, 6.07) is 14.1. The molecule has 0 aliphatic carbocycles. The smallest absolute Gasteiger partial charge is 0.341 e. The Morgan fingerprint density at radius 3 is 1.93 bits per heavy atom. The second-order valence-corrected chi connectivity index (χ2v) is 9.39. The number of carbonyl (C=O) groups excluding carboxylic acids is 2. The van der Waals surface area contributed by atoms with Crippen LogP contribution in [0.4, 0.5) is 0 Å². The number of ether oxygens (including phenoxy) is 4. The van der Waals surface area contributed by atoms with E-state index in [2.05, 4.69) is 19.7 Å². The van der Waals surface area contributed by atoms with Gasteiger partial charge in [-0.2, -0.15) is 0 Å². The third kappa shape index (κ3) is 9.61. The van der Waals surface area contributed by atoms with Gasteiger partial charge in [0.25, 0.3) is 0 Å². The van der Waals surface area contributed by atoms with Crippen LogP contribution in [0, 0.1) is 0 Å². The van der Waals surface area contributed by atoms with E-state index in [0.717, 1.165) is 16.7 Å². The molecule has 7 nitrogen and oxygen atoms in total. The number of esters is 1. The molecule has 0 spiro atoms. The van der Waals surface area contributed by atoms with Gasteiger partial charge in [0.15, 0.2) is 5.78 Å². The van der Waals surface area contributed by atoms with Crippen LogP contribution in [-0.4, -0.2) is 50.4 Å². The number of rotatable bonds is 15. The number of ketones is 1. The number of hydrogen-bond acceptors (Lipinski definition) is 7. The summed E-state index contributed by atoms with van der Waals surface area (Å²) in [5.74, 6) is 0.00163. The number of hydrogen-bond donors (Lipinski definition) is 1. The first kappa shape index (κ1) is 32.2. The molecule has 0 saturated carbocycles. The lowest BCUT2D eigenvalue weighted by Gasteiger charge is -2.17. The van der Waals surface area contributed by atoms with Gasteiger partial charge < -0.3 is 24.1 Å². The molecule has 2 aromatic rings. The van der Waals surface area contributed by atoms with Crippen LogP contribution in [0.2, 0.25) is 0 Å². The fourth-order valence-corrected chi connectivity index (χ4v) is 3.84. The van der Waals surface area contributed by atoms with Crippen molar-refractivity contribution in [3.05, 3.63) is 114 Å². The first-order chi connectivity index (χ1) is 19.0. The summed E-state index contributed by atoms with van der Waals surface area (Å²) >= 11 is 0. The van der Waals surface area contributed by atoms with Gasteiger partial charge in [-0.05, 0) is 79.0 Å². The Kier molecular flexibility index (Phi) is 12.5. The zero-order valence-corrected chi connectivity index (χ0v) is 23.9. The van der Waals surface area contributed by atoms with E-state index < -0.39 is 18.0 Å². The molecule has 0 amide bonds. The van der Waals surface area contributed by atoms with E-state index in [4.69, 9.17) is 18.9 Å². The molecular weight excluding hydrogens is 508 g/mol. The highest BCUT2D eigenvalue weighted by atomic mass is 16.5. The van der Waals surface area contributed by atoms with Crippen molar-refractivity contribution in [2.75, 3.05) is 27.4 Å². The topological polar surface area (TPSA) is 91.3 Å². The molecule has 0 radical (unpaired) electrons. The van der Waals surface area contributed by atoms with Crippen molar-refractivity contribution in [1.82, 2.24) is 0 Å². The molecule has 0 aliphatic rings. The van der Waals surface area contributed by atoms with E-state index in [1.807, 2.05) is 25.1 Å². The molecule has 212 valence electrons. The molecule has 0 aromatic heterocycles. The van der Waals surface area contributed by atoms with Crippen LogP contribution < -0.4 is 9.47 Å². The van der Waals surface area contributed by atoms with Crippen molar-refractivity contribution >= 4 is 17.3 Å². The van der Waals surface area contributed by atoms with Gasteiger partial charge >= 0.3 is 5.97 Å². The Morgan fingerprint density at radius 2 is 1.40 bits per heavy atom. The third-order valence-electron chi connectivity index (χ3n) is 5.74. The van der Waals surface area contributed by atoms with E-state index in [1.54, 1.807) is 63.4 Å². The molecule has 0 fully saturated rings. The van der Waals surface area contributed by atoms with Crippen molar-refractivity contribution in [3.63, 3.8) is 0 Å². The minimum atomic E-state index is -0.729. The molecule has 2 aromatic carbocycles. The molecule has 0 aliphatic heterocycles. The summed E-state index contributed by atoms with van der Waals surface area (Å²) in [6.07, 6.45) is 2.84. The Hall–Kier alpha value is -4.04. The number of benzene rings is 2. The summed E-state index contributed by atoms with van der Waals surface area (Å²) in [5, 5.41) is 10.2. The predicted octanol–water partition coefficient (Wildman–Crippen LogP) is 5.97. The lowest BCUT2D eigenvalue weighted by Crippen LogP contribution is -2.14. The van der Waals surface area contributed by atoms with Crippen molar-refractivity contribution in [3.8, 4) is 11.5 Å². The Bertz CT molecular complexity index is 1280. The van der Waals surface area contributed by atoms with Gasteiger partial charge in [-0.25, -0.2) is 4.79 Å². The Labute approximate surface area is 236 Å². The minimum absolute atomic E-state index is 0.0668. The lowest BCUT2D eigenvalue weighted by atomic mass is 9.87. The van der Waals surface area contributed by atoms with Crippen LogP contribution in [0.25, 0.3) is 5.57 Å². The van der Waals surface area contributed by atoms with Crippen LogP contribution in [0.1, 0.15) is 37.8 Å². The maximum atomic E-state index is 13.2. The van der Waals surface area contributed by atoms with Crippen molar-refractivity contribution < 1.29 is 33.6 Å². The summed E-state index contributed by atoms with van der Waals surface area (Å²) in [7, 11) is 3.03. The molecule has 0 heterocycles. The van der Waals surface area contributed by atoms with E-state index in [9.17, 15) is 14.7 Å².